The number of halogens is 3. The second-order valence-corrected chi connectivity index (χ2v) is 5.86. The molecule has 0 heterocycles. The van der Waals surface area contributed by atoms with Gasteiger partial charge in [-0.2, -0.15) is 0 Å². The lowest BCUT2D eigenvalue weighted by atomic mass is 9.78. The third-order valence-electron chi connectivity index (χ3n) is 3.07. The molecule has 5 heteroatoms. The molecule has 0 aromatic heterocycles. The van der Waals surface area contributed by atoms with E-state index in [0.29, 0.717) is 10.0 Å². The predicted octanol–water partition coefficient (Wildman–Crippen LogP) is 3.64. The minimum absolute atomic E-state index is 0.143. The molecule has 0 spiro atoms. The van der Waals surface area contributed by atoms with E-state index in [1.54, 1.807) is 6.07 Å². The fourth-order valence-electron chi connectivity index (χ4n) is 1.89. The summed E-state index contributed by atoms with van der Waals surface area (Å²) < 4.78 is 13.8. The molecule has 1 aromatic rings. The van der Waals surface area contributed by atoms with Crippen molar-refractivity contribution in [1.82, 2.24) is 5.32 Å². The Bertz CT molecular complexity index is 420. The molecule has 0 unspecified atom stereocenters. The molecule has 0 atom stereocenters. The van der Waals surface area contributed by atoms with E-state index in [0.717, 1.165) is 24.6 Å². The average molecular weight is 365 g/mol. The van der Waals surface area contributed by atoms with Crippen molar-refractivity contribution in [2.75, 3.05) is 5.33 Å². The fourth-order valence-corrected chi connectivity index (χ4v) is 3.06. The summed E-state index contributed by atoms with van der Waals surface area (Å²) in [7, 11) is 0. The second kappa shape index (κ2) is 5.06. The standard InChI is InChI=1S/C12H12Br2FNO/c13-7-12(2-1-3-12)16-11(17)8-4-9(14)6-10(15)5-8/h4-6H,1-3,7H2,(H,16,17). The van der Waals surface area contributed by atoms with Crippen molar-refractivity contribution in [2.24, 2.45) is 0 Å². The number of amides is 1. The van der Waals surface area contributed by atoms with Crippen LogP contribution < -0.4 is 5.32 Å². The van der Waals surface area contributed by atoms with Gasteiger partial charge in [0, 0.05) is 15.4 Å². The first-order chi connectivity index (χ1) is 8.04. The zero-order chi connectivity index (χ0) is 12.5. The Morgan fingerprint density at radius 1 is 1.41 bits per heavy atom. The highest BCUT2D eigenvalue weighted by Gasteiger charge is 2.37. The summed E-state index contributed by atoms with van der Waals surface area (Å²) in [5.41, 5.74) is 0.208. The third kappa shape index (κ3) is 2.88. The summed E-state index contributed by atoms with van der Waals surface area (Å²) in [6.45, 7) is 0. The Hall–Kier alpha value is -0.420. The second-order valence-electron chi connectivity index (χ2n) is 4.38. The Labute approximate surface area is 116 Å². The number of carbonyl (C=O) groups excluding carboxylic acids is 1. The van der Waals surface area contributed by atoms with Crippen molar-refractivity contribution in [1.29, 1.82) is 0 Å². The highest BCUT2D eigenvalue weighted by Crippen LogP contribution is 2.33. The van der Waals surface area contributed by atoms with Crippen LogP contribution in [0.5, 0.6) is 0 Å². The molecule has 0 aliphatic heterocycles. The lowest BCUT2D eigenvalue weighted by molar-refractivity contribution is 0.0856. The van der Waals surface area contributed by atoms with E-state index in [9.17, 15) is 9.18 Å². The summed E-state index contributed by atoms with van der Waals surface area (Å²) >= 11 is 6.60. The fraction of sp³-hybridized carbons (Fsp3) is 0.417. The summed E-state index contributed by atoms with van der Waals surface area (Å²) in [5.74, 6) is -0.629. The minimum atomic E-state index is -0.411. The maximum absolute atomic E-state index is 13.2. The van der Waals surface area contributed by atoms with Gasteiger partial charge in [-0.05, 0) is 37.5 Å². The van der Waals surface area contributed by atoms with Gasteiger partial charge in [0.25, 0.3) is 5.91 Å². The van der Waals surface area contributed by atoms with Gasteiger partial charge in [0.1, 0.15) is 5.82 Å². The van der Waals surface area contributed by atoms with Gasteiger partial charge in [0.2, 0.25) is 0 Å². The predicted molar refractivity (Wildman–Crippen MR) is 71.9 cm³/mol. The van der Waals surface area contributed by atoms with E-state index in [-0.39, 0.29) is 11.4 Å². The van der Waals surface area contributed by atoms with Crippen molar-refractivity contribution >= 4 is 37.8 Å². The van der Waals surface area contributed by atoms with Crippen molar-refractivity contribution in [3.05, 3.63) is 34.1 Å². The van der Waals surface area contributed by atoms with Crippen LogP contribution in [0.2, 0.25) is 0 Å². The van der Waals surface area contributed by atoms with Crippen LogP contribution in [0.4, 0.5) is 4.39 Å². The number of nitrogens with one attached hydrogen (secondary N) is 1. The molecule has 1 N–H and O–H groups in total. The molecule has 2 rings (SSSR count). The Balaban J connectivity index is 2.14. The molecule has 1 saturated carbocycles. The molecule has 1 amide bonds. The number of benzene rings is 1. The Kier molecular flexibility index (Phi) is 3.88. The van der Waals surface area contributed by atoms with E-state index < -0.39 is 5.82 Å². The van der Waals surface area contributed by atoms with Gasteiger partial charge in [-0.25, -0.2) is 4.39 Å². The topological polar surface area (TPSA) is 29.1 Å². The van der Waals surface area contributed by atoms with Crippen LogP contribution in [0, 0.1) is 5.82 Å². The molecular formula is C12H12Br2FNO. The van der Waals surface area contributed by atoms with Gasteiger partial charge < -0.3 is 5.32 Å². The van der Waals surface area contributed by atoms with E-state index in [1.807, 2.05) is 0 Å². The summed E-state index contributed by atoms with van der Waals surface area (Å²) in [6, 6.07) is 4.21. The molecule has 92 valence electrons. The smallest absolute Gasteiger partial charge is 0.251 e. The molecule has 0 saturated heterocycles. The number of hydrogen-bond acceptors (Lipinski definition) is 1. The minimum Gasteiger partial charge on any atom is -0.346 e. The Morgan fingerprint density at radius 2 is 2.12 bits per heavy atom. The molecule has 0 radical (unpaired) electrons. The first-order valence-electron chi connectivity index (χ1n) is 5.39. The highest BCUT2D eigenvalue weighted by molar-refractivity contribution is 9.10. The van der Waals surface area contributed by atoms with Crippen molar-refractivity contribution in [3.8, 4) is 0 Å². The molecule has 2 nitrogen and oxygen atoms in total. The zero-order valence-electron chi connectivity index (χ0n) is 9.10. The third-order valence-corrected chi connectivity index (χ3v) is 4.60. The monoisotopic (exact) mass is 363 g/mol. The average Bonchev–Trinajstić information content (AvgIpc) is 2.21. The van der Waals surface area contributed by atoms with Gasteiger partial charge in [-0.1, -0.05) is 31.9 Å². The van der Waals surface area contributed by atoms with E-state index >= 15 is 0 Å². The molecule has 0 bridgehead atoms. The lowest BCUT2D eigenvalue weighted by Crippen LogP contribution is -2.54. The molecule has 17 heavy (non-hydrogen) atoms. The maximum Gasteiger partial charge on any atom is 0.251 e. The van der Waals surface area contributed by atoms with Crippen molar-refractivity contribution in [2.45, 2.75) is 24.8 Å². The number of hydrogen-bond donors (Lipinski definition) is 1. The molecule has 1 aliphatic rings. The molecule has 1 aromatic carbocycles. The zero-order valence-corrected chi connectivity index (χ0v) is 12.3. The summed E-state index contributed by atoms with van der Waals surface area (Å²) in [5, 5.41) is 3.72. The summed E-state index contributed by atoms with van der Waals surface area (Å²) in [6.07, 6.45) is 3.07. The van der Waals surface area contributed by atoms with Crippen LogP contribution in [0.15, 0.2) is 22.7 Å². The van der Waals surface area contributed by atoms with Gasteiger partial charge in [0.05, 0.1) is 5.54 Å². The first kappa shape index (κ1) is 13.0. The highest BCUT2D eigenvalue weighted by atomic mass is 79.9. The van der Waals surface area contributed by atoms with E-state index in [1.165, 1.54) is 12.1 Å². The molecule has 1 fully saturated rings. The van der Waals surface area contributed by atoms with Crippen LogP contribution in [-0.2, 0) is 0 Å². The van der Waals surface area contributed by atoms with E-state index in [2.05, 4.69) is 37.2 Å². The van der Waals surface area contributed by atoms with E-state index in [4.69, 9.17) is 0 Å². The van der Waals surface area contributed by atoms with Crippen LogP contribution >= 0.6 is 31.9 Å². The molecular weight excluding hydrogens is 353 g/mol. The van der Waals surface area contributed by atoms with Crippen LogP contribution in [0.1, 0.15) is 29.6 Å². The van der Waals surface area contributed by atoms with Crippen molar-refractivity contribution < 1.29 is 9.18 Å². The van der Waals surface area contributed by atoms with Gasteiger partial charge in [0.15, 0.2) is 0 Å². The summed E-state index contributed by atoms with van der Waals surface area (Å²) in [4.78, 5) is 12.0. The van der Waals surface area contributed by atoms with Crippen LogP contribution in [-0.4, -0.2) is 16.8 Å². The van der Waals surface area contributed by atoms with Gasteiger partial charge in [-0.3, -0.25) is 4.79 Å². The Morgan fingerprint density at radius 3 is 2.59 bits per heavy atom. The number of rotatable bonds is 3. The quantitative estimate of drug-likeness (QED) is 0.815. The van der Waals surface area contributed by atoms with Gasteiger partial charge in [-0.15, -0.1) is 0 Å². The first-order valence-corrected chi connectivity index (χ1v) is 7.31. The maximum atomic E-state index is 13.2. The number of carbonyl (C=O) groups is 1. The van der Waals surface area contributed by atoms with Crippen molar-refractivity contribution in [3.63, 3.8) is 0 Å². The normalized spacial score (nSPS) is 17.4. The van der Waals surface area contributed by atoms with Crippen LogP contribution in [0.25, 0.3) is 0 Å². The van der Waals surface area contributed by atoms with Crippen LogP contribution in [0.3, 0.4) is 0 Å². The largest absolute Gasteiger partial charge is 0.346 e. The number of alkyl halides is 1. The SMILES string of the molecule is O=C(NC1(CBr)CCC1)c1cc(F)cc(Br)c1. The molecule has 1 aliphatic carbocycles. The van der Waals surface area contributed by atoms with Gasteiger partial charge >= 0.3 is 0 Å². The lowest BCUT2D eigenvalue weighted by Gasteiger charge is -2.41.